The van der Waals surface area contributed by atoms with Gasteiger partial charge in [-0.25, -0.2) is 9.82 Å². The fourth-order valence-corrected chi connectivity index (χ4v) is 1.97. The number of anilines is 1. The highest BCUT2D eigenvalue weighted by molar-refractivity contribution is 9.10. The van der Waals surface area contributed by atoms with Gasteiger partial charge in [-0.2, -0.15) is 5.10 Å². The summed E-state index contributed by atoms with van der Waals surface area (Å²) < 4.78 is 14.1. The van der Waals surface area contributed by atoms with Gasteiger partial charge in [-0.05, 0) is 30.7 Å². The molecule has 2 aromatic rings. The van der Waals surface area contributed by atoms with E-state index >= 15 is 0 Å². The highest BCUT2D eigenvalue weighted by atomic mass is 79.9. The van der Waals surface area contributed by atoms with Gasteiger partial charge in [-0.3, -0.25) is 9.59 Å². The first-order valence-corrected chi connectivity index (χ1v) is 7.41. The fraction of sp³-hybridized carbons (Fsp3) is 0.0625. The monoisotopic (exact) mass is 377 g/mol. The summed E-state index contributed by atoms with van der Waals surface area (Å²) in [5, 5.41) is 5.86. The van der Waals surface area contributed by atoms with Gasteiger partial charge in [0.25, 0.3) is 0 Å². The minimum Gasteiger partial charge on any atom is -0.315 e. The average molecular weight is 378 g/mol. The van der Waals surface area contributed by atoms with Gasteiger partial charge >= 0.3 is 11.8 Å². The topological polar surface area (TPSA) is 70.6 Å². The van der Waals surface area contributed by atoms with Crippen molar-refractivity contribution >= 4 is 39.6 Å². The zero-order chi connectivity index (χ0) is 16.8. The molecule has 0 fully saturated rings. The molecule has 0 aromatic heterocycles. The van der Waals surface area contributed by atoms with Crippen molar-refractivity contribution in [2.24, 2.45) is 5.10 Å². The molecule has 7 heteroatoms. The summed E-state index contributed by atoms with van der Waals surface area (Å²) in [6.07, 6.45) is 1.41. The third-order valence-corrected chi connectivity index (χ3v) is 3.34. The van der Waals surface area contributed by atoms with E-state index in [1.807, 2.05) is 31.2 Å². The van der Waals surface area contributed by atoms with Gasteiger partial charge < -0.3 is 5.32 Å². The summed E-state index contributed by atoms with van der Waals surface area (Å²) in [6, 6.07) is 11.5. The van der Waals surface area contributed by atoms with Crippen LogP contribution in [-0.2, 0) is 9.59 Å². The minimum absolute atomic E-state index is 0.0872. The second kappa shape index (κ2) is 7.64. The number of hydrazone groups is 1. The molecule has 118 valence electrons. The summed E-state index contributed by atoms with van der Waals surface area (Å²) in [6.45, 7) is 1.95. The minimum atomic E-state index is -1.01. The van der Waals surface area contributed by atoms with E-state index in [0.717, 1.165) is 11.1 Å². The van der Waals surface area contributed by atoms with Crippen molar-refractivity contribution < 1.29 is 14.0 Å². The quantitative estimate of drug-likeness (QED) is 0.490. The Kier molecular flexibility index (Phi) is 5.59. The molecule has 0 atom stereocenters. The Morgan fingerprint density at radius 1 is 1.13 bits per heavy atom. The molecular weight excluding hydrogens is 365 g/mol. The molecular formula is C16H13BrFN3O2. The van der Waals surface area contributed by atoms with E-state index in [-0.39, 0.29) is 5.69 Å². The standard InChI is InChI=1S/C16H13BrFN3O2/c1-10-2-4-11(5-3-10)9-19-21-16(23)15(22)20-14-7-6-12(17)8-13(14)18/h2-9H,1H3,(H,20,22)(H,21,23)/b19-9+. The number of nitrogens with zero attached hydrogens (tertiary/aromatic N) is 1. The van der Waals surface area contributed by atoms with Crippen LogP contribution in [0.5, 0.6) is 0 Å². The van der Waals surface area contributed by atoms with Crippen molar-refractivity contribution in [2.75, 3.05) is 5.32 Å². The highest BCUT2D eigenvalue weighted by Crippen LogP contribution is 2.19. The van der Waals surface area contributed by atoms with Crippen LogP contribution in [0.4, 0.5) is 10.1 Å². The lowest BCUT2D eigenvalue weighted by atomic mass is 10.2. The normalized spacial score (nSPS) is 10.6. The molecule has 23 heavy (non-hydrogen) atoms. The van der Waals surface area contributed by atoms with Crippen molar-refractivity contribution in [2.45, 2.75) is 6.92 Å². The molecule has 5 nitrogen and oxygen atoms in total. The molecule has 0 heterocycles. The molecule has 0 spiro atoms. The van der Waals surface area contributed by atoms with Crippen LogP contribution in [0, 0.1) is 12.7 Å². The Morgan fingerprint density at radius 3 is 2.48 bits per heavy atom. The Morgan fingerprint density at radius 2 is 1.83 bits per heavy atom. The first-order valence-electron chi connectivity index (χ1n) is 6.62. The van der Waals surface area contributed by atoms with Gasteiger partial charge in [0.15, 0.2) is 0 Å². The molecule has 0 radical (unpaired) electrons. The molecule has 0 saturated carbocycles. The van der Waals surface area contributed by atoms with E-state index in [1.54, 1.807) is 6.07 Å². The number of rotatable bonds is 3. The van der Waals surface area contributed by atoms with Crippen LogP contribution in [0.25, 0.3) is 0 Å². The van der Waals surface area contributed by atoms with Crippen LogP contribution in [0.1, 0.15) is 11.1 Å². The molecule has 2 rings (SSSR count). The van der Waals surface area contributed by atoms with Crippen LogP contribution < -0.4 is 10.7 Å². The SMILES string of the molecule is Cc1ccc(/C=N/NC(=O)C(=O)Nc2ccc(Br)cc2F)cc1. The predicted molar refractivity (Wildman–Crippen MR) is 89.6 cm³/mol. The Balaban J connectivity index is 1.92. The van der Waals surface area contributed by atoms with Crippen molar-refractivity contribution in [3.8, 4) is 0 Å². The van der Waals surface area contributed by atoms with E-state index in [1.165, 1.54) is 18.3 Å². The van der Waals surface area contributed by atoms with E-state index < -0.39 is 17.6 Å². The lowest BCUT2D eigenvalue weighted by molar-refractivity contribution is -0.136. The first kappa shape index (κ1) is 16.8. The van der Waals surface area contributed by atoms with Gasteiger partial charge in [0.1, 0.15) is 5.82 Å². The van der Waals surface area contributed by atoms with Crippen LogP contribution in [0.15, 0.2) is 52.0 Å². The third kappa shape index (κ3) is 5.00. The Labute approximate surface area is 140 Å². The van der Waals surface area contributed by atoms with Crippen LogP contribution in [-0.4, -0.2) is 18.0 Å². The van der Waals surface area contributed by atoms with E-state index in [4.69, 9.17) is 0 Å². The number of halogens is 2. The maximum absolute atomic E-state index is 13.6. The number of carbonyl (C=O) groups is 2. The molecule has 2 amide bonds. The Bertz CT molecular complexity index is 760. The zero-order valence-corrected chi connectivity index (χ0v) is 13.7. The van der Waals surface area contributed by atoms with E-state index in [0.29, 0.717) is 4.47 Å². The second-order valence-electron chi connectivity index (χ2n) is 4.69. The number of aryl methyl sites for hydroxylation is 1. The number of benzene rings is 2. The lowest BCUT2D eigenvalue weighted by Gasteiger charge is -2.05. The lowest BCUT2D eigenvalue weighted by Crippen LogP contribution is -2.32. The van der Waals surface area contributed by atoms with Crippen LogP contribution >= 0.6 is 15.9 Å². The zero-order valence-electron chi connectivity index (χ0n) is 12.1. The predicted octanol–water partition coefficient (Wildman–Crippen LogP) is 2.99. The molecule has 2 N–H and O–H groups in total. The summed E-state index contributed by atoms with van der Waals surface area (Å²) in [5.74, 6) is -2.65. The van der Waals surface area contributed by atoms with Gasteiger partial charge in [0.2, 0.25) is 0 Å². The van der Waals surface area contributed by atoms with Gasteiger partial charge in [0, 0.05) is 4.47 Å². The number of hydrogen-bond acceptors (Lipinski definition) is 3. The molecule has 0 bridgehead atoms. The summed E-state index contributed by atoms with van der Waals surface area (Å²) in [4.78, 5) is 23.3. The first-order chi connectivity index (χ1) is 11.0. The summed E-state index contributed by atoms with van der Waals surface area (Å²) in [7, 11) is 0. The Hall–Kier alpha value is -2.54. The van der Waals surface area contributed by atoms with Crippen molar-refractivity contribution in [3.05, 3.63) is 63.9 Å². The molecule has 0 aliphatic rings. The maximum atomic E-state index is 13.6. The fourth-order valence-electron chi connectivity index (χ4n) is 1.64. The van der Waals surface area contributed by atoms with Crippen LogP contribution in [0.2, 0.25) is 0 Å². The maximum Gasteiger partial charge on any atom is 0.329 e. The highest BCUT2D eigenvalue weighted by Gasteiger charge is 2.15. The number of hydrogen-bond donors (Lipinski definition) is 2. The van der Waals surface area contributed by atoms with Gasteiger partial charge in [0.05, 0.1) is 11.9 Å². The van der Waals surface area contributed by atoms with E-state index in [9.17, 15) is 14.0 Å². The van der Waals surface area contributed by atoms with Crippen molar-refractivity contribution in [1.82, 2.24) is 5.43 Å². The number of carbonyl (C=O) groups excluding carboxylic acids is 2. The van der Waals surface area contributed by atoms with Crippen molar-refractivity contribution in [3.63, 3.8) is 0 Å². The molecule has 0 unspecified atom stereocenters. The van der Waals surface area contributed by atoms with Gasteiger partial charge in [-0.1, -0.05) is 45.8 Å². The number of amides is 2. The smallest absolute Gasteiger partial charge is 0.315 e. The van der Waals surface area contributed by atoms with Gasteiger partial charge in [-0.15, -0.1) is 0 Å². The summed E-state index contributed by atoms with van der Waals surface area (Å²) in [5.41, 5.74) is 3.87. The average Bonchev–Trinajstić information content (AvgIpc) is 2.51. The van der Waals surface area contributed by atoms with Crippen molar-refractivity contribution in [1.29, 1.82) is 0 Å². The second-order valence-corrected chi connectivity index (χ2v) is 5.60. The van der Waals surface area contributed by atoms with E-state index in [2.05, 4.69) is 31.8 Å². The molecule has 0 aliphatic carbocycles. The number of nitrogens with one attached hydrogen (secondary N) is 2. The molecule has 0 aliphatic heterocycles. The molecule has 2 aromatic carbocycles. The summed E-state index contributed by atoms with van der Waals surface area (Å²) >= 11 is 3.10. The third-order valence-electron chi connectivity index (χ3n) is 2.84. The van der Waals surface area contributed by atoms with Crippen LogP contribution in [0.3, 0.4) is 0 Å². The largest absolute Gasteiger partial charge is 0.329 e. The molecule has 0 saturated heterocycles.